The van der Waals surface area contributed by atoms with Gasteiger partial charge >= 0.3 is 0 Å². The Bertz CT molecular complexity index is 943. The van der Waals surface area contributed by atoms with Crippen molar-refractivity contribution in [3.8, 4) is 11.5 Å². The Labute approximate surface area is 180 Å². The van der Waals surface area contributed by atoms with Gasteiger partial charge in [0.15, 0.2) is 0 Å². The first kappa shape index (κ1) is 20.9. The minimum atomic E-state index is -0.706. The number of hydrogen-bond acceptors (Lipinski definition) is 5. The Morgan fingerprint density at radius 3 is 2.29 bits per heavy atom. The summed E-state index contributed by atoms with van der Waals surface area (Å²) in [7, 11) is 0. The Hall–Kier alpha value is -3.39. The van der Waals surface area contributed by atoms with Crippen LogP contribution in [0.1, 0.15) is 29.6 Å². The number of ether oxygens (including phenoxy) is 2. The molecular formula is C23H25N3O5. The monoisotopic (exact) mass is 423 g/mol. The zero-order valence-corrected chi connectivity index (χ0v) is 17.0. The highest BCUT2D eigenvalue weighted by Crippen LogP contribution is 2.30. The van der Waals surface area contributed by atoms with Crippen molar-refractivity contribution < 1.29 is 23.9 Å². The van der Waals surface area contributed by atoms with Crippen molar-refractivity contribution in [3.63, 3.8) is 0 Å². The van der Waals surface area contributed by atoms with Gasteiger partial charge in [0, 0.05) is 18.5 Å². The van der Waals surface area contributed by atoms with Gasteiger partial charge < -0.3 is 25.4 Å². The number of likely N-dealkylation sites (tertiary alicyclic amines) is 1. The lowest BCUT2D eigenvalue weighted by Gasteiger charge is -2.22. The molecule has 0 bridgehead atoms. The summed E-state index contributed by atoms with van der Waals surface area (Å²) in [6.45, 7) is 0.0887. The van der Waals surface area contributed by atoms with Crippen LogP contribution in [0.25, 0.3) is 0 Å². The number of rotatable bonds is 8. The molecule has 8 nitrogen and oxygen atoms in total. The van der Waals surface area contributed by atoms with Gasteiger partial charge in [0.2, 0.25) is 11.8 Å². The molecule has 3 amide bonds. The minimum Gasteiger partial charge on any atom is -0.457 e. The molecule has 31 heavy (non-hydrogen) atoms. The van der Waals surface area contributed by atoms with E-state index in [4.69, 9.17) is 15.2 Å². The van der Waals surface area contributed by atoms with Crippen molar-refractivity contribution in [1.82, 2.24) is 10.2 Å². The predicted molar refractivity (Wildman–Crippen MR) is 112 cm³/mol. The second kappa shape index (κ2) is 9.18. The van der Waals surface area contributed by atoms with Gasteiger partial charge in [-0.3, -0.25) is 14.4 Å². The summed E-state index contributed by atoms with van der Waals surface area (Å²) in [5.74, 6) is -0.00958. The third-order valence-corrected chi connectivity index (χ3v) is 5.32. The number of nitrogens with zero attached hydrogens (tertiary/aromatic N) is 1. The van der Waals surface area contributed by atoms with Gasteiger partial charge in [-0.25, -0.2) is 0 Å². The average molecular weight is 423 g/mol. The highest BCUT2D eigenvalue weighted by atomic mass is 16.5. The Balaban J connectivity index is 1.30. The van der Waals surface area contributed by atoms with Crippen LogP contribution in [0.2, 0.25) is 0 Å². The van der Waals surface area contributed by atoms with Crippen LogP contribution in [0, 0.1) is 0 Å². The highest BCUT2D eigenvalue weighted by Gasteiger charge is 2.41. The van der Waals surface area contributed by atoms with Crippen molar-refractivity contribution in [3.05, 3.63) is 60.2 Å². The van der Waals surface area contributed by atoms with Crippen LogP contribution in [0.4, 0.5) is 0 Å². The van der Waals surface area contributed by atoms with Crippen molar-refractivity contribution in [2.24, 2.45) is 5.73 Å². The van der Waals surface area contributed by atoms with Gasteiger partial charge in [-0.15, -0.1) is 0 Å². The van der Waals surface area contributed by atoms with E-state index in [-0.39, 0.29) is 30.6 Å². The summed E-state index contributed by atoms with van der Waals surface area (Å²) in [6.07, 6.45) is 2.45. The molecule has 0 aromatic heterocycles. The van der Waals surface area contributed by atoms with Crippen LogP contribution in [-0.2, 0) is 14.3 Å². The van der Waals surface area contributed by atoms with Gasteiger partial charge in [-0.2, -0.15) is 0 Å². The molecule has 0 radical (unpaired) electrons. The molecule has 2 atom stereocenters. The Morgan fingerprint density at radius 2 is 1.65 bits per heavy atom. The predicted octanol–water partition coefficient (Wildman–Crippen LogP) is 1.84. The number of carbonyl (C=O) groups is 3. The fourth-order valence-corrected chi connectivity index (χ4v) is 3.58. The molecule has 2 fully saturated rings. The minimum absolute atomic E-state index is 0.193. The Kier molecular flexibility index (Phi) is 6.18. The standard InChI is InChI=1S/C23H25N3O5/c24-22(28)20-12-19(31-18-10-11-18)14-26(20)21(27)13-25-23(29)15-6-8-17(9-7-15)30-16-4-2-1-3-5-16/h1-9,18-20H,10-14H2,(H2,24,28)(H,25,29)/t19-,20+/m1/s1. The van der Waals surface area contributed by atoms with E-state index in [9.17, 15) is 14.4 Å². The van der Waals surface area contributed by atoms with E-state index < -0.39 is 11.9 Å². The quantitative estimate of drug-likeness (QED) is 0.673. The van der Waals surface area contributed by atoms with Gasteiger partial charge in [0.25, 0.3) is 5.91 Å². The zero-order chi connectivity index (χ0) is 21.8. The van der Waals surface area contributed by atoms with E-state index in [1.165, 1.54) is 4.90 Å². The van der Waals surface area contributed by atoms with Crippen LogP contribution in [0.5, 0.6) is 11.5 Å². The smallest absolute Gasteiger partial charge is 0.251 e. The van der Waals surface area contributed by atoms with E-state index >= 15 is 0 Å². The van der Waals surface area contributed by atoms with E-state index in [1.54, 1.807) is 24.3 Å². The first-order valence-electron chi connectivity index (χ1n) is 10.3. The molecule has 1 saturated heterocycles. The van der Waals surface area contributed by atoms with Crippen molar-refractivity contribution >= 4 is 17.7 Å². The largest absolute Gasteiger partial charge is 0.457 e. The van der Waals surface area contributed by atoms with Gasteiger partial charge in [-0.05, 0) is 49.2 Å². The molecule has 1 aliphatic carbocycles. The number of hydrogen-bond donors (Lipinski definition) is 2. The number of nitrogens with two attached hydrogens (primary N) is 1. The molecule has 2 aromatic carbocycles. The summed E-state index contributed by atoms with van der Waals surface area (Å²) in [5.41, 5.74) is 5.86. The molecule has 2 aromatic rings. The maximum Gasteiger partial charge on any atom is 0.251 e. The second-order valence-electron chi connectivity index (χ2n) is 7.78. The highest BCUT2D eigenvalue weighted by molar-refractivity contribution is 5.97. The Morgan fingerprint density at radius 1 is 0.968 bits per heavy atom. The zero-order valence-electron chi connectivity index (χ0n) is 17.0. The fraction of sp³-hybridized carbons (Fsp3) is 0.348. The number of benzene rings is 2. The van der Waals surface area contributed by atoms with E-state index in [0.717, 1.165) is 12.8 Å². The number of para-hydroxylation sites is 1. The normalized spacial score (nSPS) is 20.3. The van der Waals surface area contributed by atoms with Crippen molar-refractivity contribution in [1.29, 1.82) is 0 Å². The summed E-state index contributed by atoms with van der Waals surface area (Å²) in [5, 5.41) is 2.61. The molecule has 1 heterocycles. The third kappa shape index (κ3) is 5.40. The van der Waals surface area contributed by atoms with Crippen LogP contribution in [0.3, 0.4) is 0 Å². The molecule has 1 aliphatic heterocycles. The number of nitrogens with one attached hydrogen (secondary N) is 1. The van der Waals surface area contributed by atoms with Gasteiger partial charge in [0.05, 0.1) is 18.8 Å². The maximum atomic E-state index is 12.6. The molecule has 8 heteroatoms. The molecule has 1 saturated carbocycles. The molecule has 4 rings (SSSR count). The third-order valence-electron chi connectivity index (χ3n) is 5.32. The fourth-order valence-electron chi connectivity index (χ4n) is 3.58. The molecule has 0 spiro atoms. The van der Waals surface area contributed by atoms with Crippen molar-refractivity contribution in [2.75, 3.05) is 13.1 Å². The van der Waals surface area contributed by atoms with Crippen LogP contribution >= 0.6 is 0 Å². The number of amides is 3. The average Bonchev–Trinajstić information content (AvgIpc) is 3.48. The number of carbonyl (C=O) groups excluding carboxylic acids is 3. The summed E-state index contributed by atoms with van der Waals surface area (Å²) < 4.78 is 11.5. The van der Waals surface area contributed by atoms with Gasteiger partial charge in [-0.1, -0.05) is 18.2 Å². The first-order valence-corrected chi connectivity index (χ1v) is 10.3. The van der Waals surface area contributed by atoms with Gasteiger partial charge in [0.1, 0.15) is 17.5 Å². The SMILES string of the molecule is NC(=O)[C@@H]1C[C@@H](OC2CC2)CN1C(=O)CNC(=O)c1ccc(Oc2ccccc2)cc1. The molecule has 2 aliphatic rings. The van der Waals surface area contributed by atoms with Crippen LogP contribution in [-0.4, -0.2) is 54.0 Å². The van der Waals surface area contributed by atoms with E-state index in [0.29, 0.717) is 30.0 Å². The summed E-state index contributed by atoms with van der Waals surface area (Å²) in [4.78, 5) is 38.2. The maximum absolute atomic E-state index is 12.6. The van der Waals surface area contributed by atoms with Crippen molar-refractivity contribution in [2.45, 2.75) is 37.5 Å². The first-order chi connectivity index (χ1) is 15.0. The molecule has 162 valence electrons. The summed E-state index contributed by atoms with van der Waals surface area (Å²) >= 11 is 0. The topological polar surface area (TPSA) is 111 Å². The van der Waals surface area contributed by atoms with E-state index in [2.05, 4.69) is 5.32 Å². The molecular weight excluding hydrogens is 398 g/mol. The summed E-state index contributed by atoms with van der Waals surface area (Å²) in [6, 6.07) is 15.2. The lowest BCUT2D eigenvalue weighted by atomic mass is 10.2. The molecule has 3 N–H and O–H groups in total. The lowest BCUT2D eigenvalue weighted by molar-refractivity contribution is -0.136. The van der Waals surface area contributed by atoms with Crippen LogP contribution < -0.4 is 15.8 Å². The number of primary amides is 1. The lowest BCUT2D eigenvalue weighted by Crippen LogP contribution is -2.47. The second-order valence-corrected chi connectivity index (χ2v) is 7.78. The van der Waals surface area contributed by atoms with E-state index in [1.807, 2.05) is 30.3 Å². The molecule has 0 unspecified atom stereocenters. The van der Waals surface area contributed by atoms with Crippen LogP contribution in [0.15, 0.2) is 54.6 Å².